The van der Waals surface area contributed by atoms with Crippen molar-refractivity contribution >= 4 is 29.3 Å². The molecular formula is C18H21N3O4. The van der Waals surface area contributed by atoms with E-state index in [1.807, 2.05) is 31.2 Å². The summed E-state index contributed by atoms with van der Waals surface area (Å²) in [5, 5.41) is 2.73. The van der Waals surface area contributed by atoms with Gasteiger partial charge in [0.25, 0.3) is 0 Å². The summed E-state index contributed by atoms with van der Waals surface area (Å²) >= 11 is 0. The van der Waals surface area contributed by atoms with E-state index in [0.29, 0.717) is 6.54 Å². The van der Waals surface area contributed by atoms with Gasteiger partial charge >= 0.3 is 0 Å². The maximum absolute atomic E-state index is 12.3. The zero-order chi connectivity index (χ0) is 18.0. The molecule has 1 N–H and O–H groups in total. The SMILES string of the molecule is Cc1ccc(N2CC(C(=O)NCCN3C(=O)CCC3=O)CC2=O)cc1. The van der Waals surface area contributed by atoms with Crippen LogP contribution in [0.4, 0.5) is 5.69 Å². The van der Waals surface area contributed by atoms with Crippen molar-refractivity contribution in [2.75, 3.05) is 24.5 Å². The Morgan fingerprint density at radius 3 is 2.36 bits per heavy atom. The van der Waals surface area contributed by atoms with E-state index < -0.39 is 5.92 Å². The van der Waals surface area contributed by atoms with Gasteiger partial charge in [0.05, 0.1) is 5.92 Å². The summed E-state index contributed by atoms with van der Waals surface area (Å²) in [7, 11) is 0. The first-order valence-corrected chi connectivity index (χ1v) is 8.43. The molecule has 4 amide bonds. The van der Waals surface area contributed by atoms with Crippen LogP contribution in [0.25, 0.3) is 0 Å². The molecule has 0 spiro atoms. The van der Waals surface area contributed by atoms with Gasteiger partial charge in [0.2, 0.25) is 23.6 Å². The Hall–Kier alpha value is -2.70. The summed E-state index contributed by atoms with van der Waals surface area (Å²) in [5.41, 5.74) is 1.90. The van der Waals surface area contributed by atoms with Gasteiger partial charge in [-0.15, -0.1) is 0 Å². The Bertz CT molecular complexity index is 698. The van der Waals surface area contributed by atoms with Crippen LogP contribution < -0.4 is 10.2 Å². The molecule has 2 aliphatic heterocycles. The van der Waals surface area contributed by atoms with Crippen LogP contribution in [0.3, 0.4) is 0 Å². The summed E-state index contributed by atoms with van der Waals surface area (Å²) in [6, 6.07) is 7.61. The summed E-state index contributed by atoms with van der Waals surface area (Å²) in [5.74, 6) is -1.10. The van der Waals surface area contributed by atoms with Gasteiger partial charge in [0.1, 0.15) is 0 Å². The predicted molar refractivity (Wildman–Crippen MR) is 90.6 cm³/mol. The molecule has 0 aliphatic carbocycles. The number of nitrogens with one attached hydrogen (secondary N) is 1. The van der Waals surface area contributed by atoms with Crippen molar-refractivity contribution < 1.29 is 19.2 Å². The van der Waals surface area contributed by atoms with Crippen LogP contribution in [0.1, 0.15) is 24.8 Å². The fourth-order valence-corrected chi connectivity index (χ4v) is 3.16. The van der Waals surface area contributed by atoms with E-state index in [4.69, 9.17) is 0 Å². The largest absolute Gasteiger partial charge is 0.354 e. The molecule has 25 heavy (non-hydrogen) atoms. The van der Waals surface area contributed by atoms with E-state index in [2.05, 4.69) is 5.32 Å². The lowest BCUT2D eigenvalue weighted by Gasteiger charge is -2.17. The predicted octanol–water partition coefficient (Wildman–Crippen LogP) is 0.613. The smallest absolute Gasteiger partial charge is 0.229 e. The molecule has 0 aromatic heterocycles. The molecule has 1 aromatic carbocycles. The summed E-state index contributed by atoms with van der Waals surface area (Å²) < 4.78 is 0. The first-order valence-electron chi connectivity index (χ1n) is 8.43. The molecular weight excluding hydrogens is 322 g/mol. The molecule has 1 unspecified atom stereocenters. The fraction of sp³-hybridized carbons (Fsp3) is 0.444. The highest BCUT2D eigenvalue weighted by Gasteiger charge is 2.35. The van der Waals surface area contributed by atoms with Crippen LogP contribution in [0.5, 0.6) is 0 Å². The Balaban J connectivity index is 1.51. The Morgan fingerprint density at radius 1 is 1.08 bits per heavy atom. The van der Waals surface area contributed by atoms with Crippen LogP contribution >= 0.6 is 0 Å². The van der Waals surface area contributed by atoms with Gasteiger partial charge in [-0.3, -0.25) is 24.1 Å². The number of carbonyl (C=O) groups excluding carboxylic acids is 4. The number of likely N-dealkylation sites (tertiary alicyclic amines) is 1. The van der Waals surface area contributed by atoms with E-state index in [1.165, 1.54) is 4.90 Å². The third-order valence-electron chi connectivity index (χ3n) is 4.63. The quantitative estimate of drug-likeness (QED) is 0.794. The van der Waals surface area contributed by atoms with Crippen molar-refractivity contribution in [2.24, 2.45) is 5.92 Å². The minimum atomic E-state index is -0.418. The van der Waals surface area contributed by atoms with E-state index in [1.54, 1.807) is 4.90 Å². The Morgan fingerprint density at radius 2 is 1.72 bits per heavy atom. The average Bonchev–Trinajstić information content (AvgIpc) is 3.12. The number of amides is 4. The number of rotatable bonds is 5. The number of aryl methyl sites for hydroxylation is 1. The number of carbonyl (C=O) groups is 4. The maximum atomic E-state index is 12.3. The van der Waals surface area contributed by atoms with Gasteiger partial charge in [-0.05, 0) is 19.1 Å². The lowest BCUT2D eigenvalue weighted by atomic mass is 10.1. The molecule has 1 aromatic rings. The zero-order valence-corrected chi connectivity index (χ0v) is 14.2. The normalized spacial score (nSPS) is 20.5. The van der Waals surface area contributed by atoms with Crippen molar-refractivity contribution in [3.05, 3.63) is 29.8 Å². The van der Waals surface area contributed by atoms with Crippen LogP contribution in [-0.4, -0.2) is 48.2 Å². The van der Waals surface area contributed by atoms with Crippen LogP contribution in [-0.2, 0) is 19.2 Å². The lowest BCUT2D eigenvalue weighted by molar-refractivity contribution is -0.138. The summed E-state index contributed by atoms with van der Waals surface area (Å²) in [6.07, 6.45) is 0.659. The molecule has 2 heterocycles. The monoisotopic (exact) mass is 343 g/mol. The van der Waals surface area contributed by atoms with E-state index in [-0.39, 0.29) is 56.0 Å². The van der Waals surface area contributed by atoms with Crippen LogP contribution in [0, 0.1) is 12.8 Å². The van der Waals surface area contributed by atoms with Crippen LogP contribution in [0.15, 0.2) is 24.3 Å². The number of benzene rings is 1. The molecule has 2 saturated heterocycles. The number of hydrogen-bond donors (Lipinski definition) is 1. The topological polar surface area (TPSA) is 86.8 Å². The summed E-state index contributed by atoms with van der Waals surface area (Å²) in [4.78, 5) is 50.3. The first-order chi connectivity index (χ1) is 12.0. The van der Waals surface area contributed by atoms with Gasteiger partial charge in [0.15, 0.2) is 0 Å². The fourth-order valence-electron chi connectivity index (χ4n) is 3.16. The molecule has 7 heteroatoms. The lowest BCUT2D eigenvalue weighted by Crippen LogP contribution is -2.40. The number of hydrogen-bond acceptors (Lipinski definition) is 4. The van der Waals surface area contributed by atoms with Gasteiger partial charge in [0, 0.05) is 44.6 Å². The molecule has 2 aliphatic rings. The zero-order valence-electron chi connectivity index (χ0n) is 14.2. The Labute approximate surface area is 146 Å². The van der Waals surface area contributed by atoms with Crippen LogP contribution in [0.2, 0.25) is 0 Å². The summed E-state index contributed by atoms with van der Waals surface area (Å²) in [6.45, 7) is 2.72. The first kappa shape index (κ1) is 17.1. The highest BCUT2D eigenvalue weighted by atomic mass is 16.2. The van der Waals surface area contributed by atoms with E-state index in [0.717, 1.165) is 11.3 Å². The number of imide groups is 1. The van der Waals surface area contributed by atoms with Gasteiger partial charge in [-0.1, -0.05) is 17.7 Å². The van der Waals surface area contributed by atoms with Crippen molar-refractivity contribution in [3.8, 4) is 0 Å². The third-order valence-corrected chi connectivity index (χ3v) is 4.63. The molecule has 132 valence electrons. The second kappa shape index (κ2) is 7.04. The highest BCUT2D eigenvalue weighted by molar-refractivity contribution is 6.02. The van der Waals surface area contributed by atoms with Crippen molar-refractivity contribution in [3.63, 3.8) is 0 Å². The maximum Gasteiger partial charge on any atom is 0.229 e. The molecule has 3 rings (SSSR count). The molecule has 1 atom stereocenters. The second-order valence-electron chi connectivity index (χ2n) is 6.47. The minimum Gasteiger partial charge on any atom is -0.354 e. The number of nitrogens with zero attached hydrogens (tertiary/aromatic N) is 2. The molecule has 0 saturated carbocycles. The molecule has 0 bridgehead atoms. The van der Waals surface area contributed by atoms with Gasteiger partial charge in [-0.25, -0.2) is 0 Å². The minimum absolute atomic E-state index is 0.0751. The third kappa shape index (κ3) is 3.70. The second-order valence-corrected chi connectivity index (χ2v) is 6.47. The standard InChI is InChI=1S/C18H21N3O4/c1-12-2-4-14(5-3-12)21-11-13(10-17(21)24)18(25)19-8-9-20-15(22)6-7-16(20)23/h2-5,13H,6-11H2,1H3,(H,19,25). The molecule has 0 radical (unpaired) electrons. The van der Waals surface area contributed by atoms with Gasteiger partial charge in [-0.2, -0.15) is 0 Å². The van der Waals surface area contributed by atoms with Gasteiger partial charge < -0.3 is 10.2 Å². The Kier molecular flexibility index (Phi) is 4.83. The van der Waals surface area contributed by atoms with Crippen molar-refractivity contribution in [1.82, 2.24) is 10.2 Å². The molecule has 7 nitrogen and oxygen atoms in total. The van der Waals surface area contributed by atoms with E-state index in [9.17, 15) is 19.2 Å². The highest BCUT2D eigenvalue weighted by Crippen LogP contribution is 2.25. The number of anilines is 1. The van der Waals surface area contributed by atoms with Crippen molar-refractivity contribution in [2.45, 2.75) is 26.2 Å². The van der Waals surface area contributed by atoms with E-state index >= 15 is 0 Å². The average molecular weight is 343 g/mol. The van der Waals surface area contributed by atoms with Crippen molar-refractivity contribution in [1.29, 1.82) is 0 Å². The molecule has 2 fully saturated rings.